The predicted octanol–water partition coefficient (Wildman–Crippen LogP) is 2.98. The highest BCUT2D eigenvalue weighted by atomic mass is 32.2. The van der Waals surface area contributed by atoms with E-state index in [-0.39, 0.29) is 24.6 Å². The number of hydrogen-bond donors (Lipinski definition) is 2. The molecular weight excluding hydrogens is 413 g/mol. The molecule has 1 fully saturated rings. The first-order valence-corrected chi connectivity index (χ1v) is 11.9. The van der Waals surface area contributed by atoms with Crippen molar-refractivity contribution >= 4 is 36.2 Å². The first kappa shape index (κ1) is 20.2. The number of fused-ring (bicyclic) bond motifs is 1. The van der Waals surface area contributed by atoms with Crippen LogP contribution < -0.4 is 10.5 Å². The van der Waals surface area contributed by atoms with Gasteiger partial charge in [0, 0.05) is 17.1 Å². The predicted molar refractivity (Wildman–Crippen MR) is 111 cm³/mol. The number of benzene rings is 1. The highest BCUT2D eigenvalue weighted by Gasteiger charge is 2.39. The molecule has 1 aliphatic rings. The summed E-state index contributed by atoms with van der Waals surface area (Å²) in [6.07, 6.45) is 3.17. The summed E-state index contributed by atoms with van der Waals surface area (Å²) in [6.45, 7) is 0.734. The number of rotatable bonds is 9. The van der Waals surface area contributed by atoms with E-state index in [1.807, 2.05) is 28.8 Å². The molecule has 0 amide bonds. The van der Waals surface area contributed by atoms with Crippen molar-refractivity contribution in [2.75, 3.05) is 25.8 Å². The minimum absolute atomic E-state index is 0.0818. The van der Waals surface area contributed by atoms with Crippen LogP contribution in [0.25, 0.3) is 11.2 Å². The maximum Gasteiger partial charge on any atom is 0.228 e. The van der Waals surface area contributed by atoms with Crippen LogP contribution in [0.1, 0.15) is 12.8 Å². The van der Waals surface area contributed by atoms with Crippen LogP contribution in [0.5, 0.6) is 5.75 Å². The number of imidazole rings is 1. The van der Waals surface area contributed by atoms with Gasteiger partial charge in [-0.1, -0.05) is 11.8 Å². The second-order valence-corrected chi connectivity index (χ2v) is 10.4. The van der Waals surface area contributed by atoms with Crippen molar-refractivity contribution in [1.29, 1.82) is 0 Å². The summed E-state index contributed by atoms with van der Waals surface area (Å²) in [7, 11) is -1.55. The summed E-state index contributed by atoms with van der Waals surface area (Å²) in [5.41, 5.74) is 7.07. The molecule has 1 aromatic carbocycles. The van der Waals surface area contributed by atoms with Crippen molar-refractivity contribution in [3.8, 4) is 5.75 Å². The van der Waals surface area contributed by atoms with E-state index < -0.39 is 7.37 Å². The van der Waals surface area contributed by atoms with Gasteiger partial charge < -0.3 is 24.7 Å². The Labute approximate surface area is 172 Å². The second kappa shape index (κ2) is 8.31. The topological polar surface area (TPSA) is 125 Å². The van der Waals surface area contributed by atoms with Crippen LogP contribution in [-0.2, 0) is 15.8 Å². The zero-order valence-corrected chi connectivity index (χ0v) is 17.6. The normalized spacial score (nSPS) is 16.1. The van der Waals surface area contributed by atoms with Gasteiger partial charge in [-0.05, 0) is 37.1 Å². The maximum atomic E-state index is 12.0. The molecule has 0 aliphatic heterocycles. The lowest BCUT2D eigenvalue weighted by Crippen LogP contribution is -2.08. The van der Waals surface area contributed by atoms with Crippen LogP contribution in [0.2, 0.25) is 0 Å². The number of nitrogens with zero attached hydrogens (tertiary/aromatic N) is 4. The molecule has 0 bridgehead atoms. The summed E-state index contributed by atoms with van der Waals surface area (Å²) < 4.78 is 24.5. The summed E-state index contributed by atoms with van der Waals surface area (Å²) in [5.74, 6) is 0.935. The van der Waals surface area contributed by atoms with Gasteiger partial charge in [-0.25, -0.2) is 9.97 Å². The van der Waals surface area contributed by atoms with Gasteiger partial charge in [0.1, 0.15) is 22.6 Å². The highest BCUT2D eigenvalue weighted by molar-refractivity contribution is 7.99. The second-order valence-electron chi connectivity index (χ2n) is 6.80. The minimum atomic E-state index is -3.17. The summed E-state index contributed by atoms with van der Waals surface area (Å²) in [5, 5.41) is 0.658. The molecule has 4 rings (SSSR count). The van der Waals surface area contributed by atoms with Crippen molar-refractivity contribution in [2.24, 2.45) is 0 Å². The monoisotopic (exact) mass is 435 g/mol. The van der Waals surface area contributed by atoms with Gasteiger partial charge >= 0.3 is 0 Å². The van der Waals surface area contributed by atoms with Crippen LogP contribution in [0.15, 0.2) is 40.5 Å². The average molecular weight is 435 g/mol. The molecule has 2 aromatic heterocycles. The molecular formula is C18H22N5O4PS. The van der Waals surface area contributed by atoms with Crippen LogP contribution in [0, 0.1) is 0 Å². The first-order valence-electron chi connectivity index (χ1n) is 9.16. The Bertz CT molecular complexity index is 1050. The van der Waals surface area contributed by atoms with Gasteiger partial charge in [-0.2, -0.15) is 4.98 Å². The Morgan fingerprint density at radius 1 is 1.31 bits per heavy atom. The quantitative estimate of drug-likeness (QED) is 0.296. The molecule has 1 atom stereocenters. The third-order valence-electron chi connectivity index (χ3n) is 4.59. The highest BCUT2D eigenvalue weighted by Crippen LogP contribution is 2.57. The zero-order chi connectivity index (χ0) is 20.4. The number of nitrogen functional groups attached to an aromatic ring is 1. The fraction of sp³-hybridized carbons (Fsp3) is 0.389. The molecule has 154 valence electrons. The molecule has 0 radical (unpaired) electrons. The van der Waals surface area contributed by atoms with Gasteiger partial charge in [-0.3, -0.25) is 4.57 Å². The molecule has 0 saturated heterocycles. The molecule has 1 unspecified atom stereocenters. The molecule has 3 N–H and O–H groups in total. The zero-order valence-electron chi connectivity index (χ0n) is 15.9. The van der Waals surface area contributed by atoms with Crippen molar-refractivity contribution < 1.29 is 18.9 Å². The van der Waals surface area contributed by atoms with E-state index in [1.165, 1.54) is 11.8 Å². The van der Waals surface area contributed by atoms with E-state index >= 15 is 0 Å². The molecule has 9 nitrogen and oxygen atoms in total. The lowest BCUT2D eigenvalue weighted by molar-refractivity contribution is 0.159. The fourth-order valence-electron chi connectivity index (χ4n) is 2.87. The average Bonchev–Trinajstić information content (AvgIpc) is 3.49. The van der Waals surface area contributed by atoms with Gasteiger partial charge in [-0.15, -0.1) is 0 Å². The molecule has 0 spiro atoms. The number of hydrogen-bond acceptors (Lipinski definition) is 8. The van der Waals surface area contributed by atoms with E-state index in [0.717, 1.165) is 23.5 Å². The molecule has 1 saturated carbocycles. The molecule has 11 heteroatoms. The van der Waals surface area contributed by atoms with Gasteiger partial charge in [0.05, 0.1) is 20.0 Å². The Balaban J connectivity index is 1.46. The number of anilines is 1. The fourth-order valence-corrected chi connectivity index (χ4v) is 5.30. The molecule has 2 heterocycles. The maximum absolute atomic E-state index is 12.0. The number of methoxy groups -OCH3 is 1. The van der Waals surface area contributed by atoms with Gasteiger partial charge in [0.2, 0.25) is 13.3 Å². The Kier molecular flexibility index (Phi) is 5.78. The summed E-state index contributed by atoms with van der Waals surface area (Å²) >= 11 is 1.44. The van der Waals surface area contributed by atoms with Gasteiger partial charge in [0.15, 0.2) is 5.65 Å². The summed E-state index contributed by atoms with van der Waals surface area (Å²) in [6, 6.07) is 7.63. The van der Waals surface area contributed by atoms with Crippen LogP contribution in [0.3, 0.4) is 0 Å². The summed E-state index contributed by atoms with van der Waals surface area (Å²) in [4.78, 5) is 23.9. The van der Waals surface area contributed by atoms with Crippen LogP contribution in [0.4, 0.5) is 5.95 Å². The molecule has 3 aromatic rings. The Hall–Kier alpha value is -2.13. The Morgan fingerprint density at radius 2 is 2.07 bits per heavy atom. The lowest BCUT2D eigenvalue weighted by atomic mass is 10.3. The minimum Gasteiger partial charge on any atom is -0.497 e. The van der Waals surface area contributed by atoms with E-state index in [2.05, 4.69) is 15.0 Å². The largest absolute Gasteiger partial charge is 0.497 e. The van der Waals surface area contributed by atoms with E-state index in [4.69, 9.17) is 15.2 Å². The van der Waals surface area contributed by atoms with E-state index in [0.29, 0.717) is 22.7 Å². The molecule has 29 heavy (non-hydrogen) atoms. The van der Waals surface area contributed by atoms with Crippen molar-refractivity contribution in [3.63, 3.8) is 0 Å². The molecule has 1 aliphatic carbocycles. The van der Waals surface area contributed by atoms with Gasteiger partial charge in [0.25, 0.3) is 0 Å². The number of nitrogens with two attached hydrogens (primary N) is 1. The Morgan fingerprint density at radius 3 is 2.76 bits per heavy atom. The van der Waals surface area contributed by atoms with Crippen molar-refractivity contribution in [1.82, 2.24) is 19.5 Å². The van der Waals surface area contributed by atoms with E-state index in [1.54, 1.807) is 13.4 Å². The standard InChI is InChI=1S/C18H22N5O4PS/c1-26-12-2-6-14(7-3-12)29-17-15-16(21-18(19)22-17)23(10-20-15)8-9-27-11-28(24,25)13-4-5-13/h2-3,6-7,10,13H,4-5,8-9,11H2,1H3,(H,24,25)(H2,19,21,22). The third-order valence-corrected chi connectivity index (χ3v) is 7.79. The van der Waals surface area contributed by atoms with E-state index in [9.17, 15) is 9.46 Å². The van der Waals surface area contributed by atoms with Crippen molar-refractivity contribution in [2.45, 2.75) is 35.0 Å². The smallest absolute Gasteiger partial charge is 0.228 e. The number of aromatic nitrogens is 4. The SMILES string of the molecule is COc1ccc(Sc2nc(N)nc3c2ncn3CCOCP(=O)(O)C2CC2)cc1. The van der Waals surface area contributed by atoms with Crippen molar-refractivity contribution in [3.05, 3.63) is 30.6 Å². The van der Waals surface area contributed by atoms with Crippen LogP contribution >= 0.6 is 19.1 Å². The lowest BCUT2D eigenvalue weighted by Gasteiger charge is -2.11. The number of ether oxygens (including phenoxy) is 2. The third kappa shape index (κ3) is 4.72. The van der Waals surface area contributed by atoms with Crippen LogP contribution in [-0.4, -0.2) is 50.1 Å². The first-order chi connectivity index (χ1) is 14.0.